The minimum Gasteiger partial charge on any atom is -0.222 e. The van der Waals surface area contributed by atoms with Gasteiger partial charge in [-0.15, -0.1) is 10.2 Å². The van der Waals surface area contributed by atoms with Crippen LogP contribution >= 0.6 is 0 Å². The van der Waals surface area contributed by atoms with Crippen molar-refractivity contribution in [2.75, 3.05) is 0 Å². The average molecular weight is 586 g/mol. The molecule has 0 fully saturated rings. The number of hydrogen-bond donors (Lipinski definition) is 0. The van der Waals surface area contributed by atoms with Crippen LogP contribution in [0, 0.1) is 21.1 Å². The summed E-state index contributed by atoms with van der Waals surface area (Å²) in [5, 5.41) is 0. The maximum atomic E-state index is 8.49. The van der Waals surface area contributed by atoms with E-state index < -0.39 is 10.2 Å². The fourth-order valence-electron chi connectivity index (χ4n) is 2.98. The van der Waals surface area contributed by atoms with Crippen molar-refractivity contribution in [3.63, 3.8) is 0 Å². The van der Waals surface area contributed by atoms with Gasteiger partial charge in [-0.3, -0.25) is 0 Å². The molecular formula is C29H43ClO5Se. The first-order valence-electron chi connectivity index (χ1n) is 12.0. The van der Waals surface area contributed by atoms with Crippen LogP contribution in [0.4, 0.5) is 0 Å². The Kier molecular flexibility index (Phi) is 10.6. The molecule has 36 heavy (non-hydrogen) atoms. The second kappa shape index (κ2) is 11.7. The van der Waals surface area contributed by atoms with Gasteiger partial charge in [0.25, 0.3) is 0 Å². The van der Waals surface area contributed by atoms with Crippen LogP contribution in [0.2, 0.25) is 0 Å². The second-order valence-electron chi connectivity index (χ2n) is 13.1. The largest absolute Gasteiger partial charge is 0.222 e. The van der Waals surface area contributed by atoms with Gasteiger partial charge in [0.15, 0.2) is 0 Å². The second-order valence-corrected chi connectivity index (χ2v) is 16.2. The first kappa shape index (κ1) is 32.8. The van der Waals surface area contributed by atoms with E-state index in [2.05, 4.69) is 126 Å². The fourth-order valence-corrected chi connectivity index (χ4v) is 5.58. The maximum Gasteiger partial charge on any atom is -0.112 e. The molecule has 1 aliphatic rings. The monoisotopic (exact) mass is 586 g/mol. The Labute approximate surface area is 226 Å². The van der Waals surface area contributed by atoms with E-state index in [0.717, 1.165) is 11.5 Å². The molecule has 5 nitrogen and oxygen atoms in total. The van der Waals surface area contributed by atoms with Crippen molar-refractivity contribution >= 4 is 21.0 Å². The third-order valence-corrected chi connectivity index (χ3v) is 9.15. The topological polar surface area (TPSA) is 104 Å². The average Bonchev–Trinajstić information content (AvgIpc) is 2.63. The Balaban J connectivity index is 0.00000118. The molecular weight excluding hydrogens is 543 g/mol. The molecule has 2 rings (SSSR count). The molecule has 0 spiro atoms. The van der Waals surface area contributed by atoms with Crippen molar-refractivity contribution < 1.29 is 33.3 Å². The van der Waals surface area contributed by atoms with E-state index in [4.69, 9.17) is 23.1 Å². The van der Waals surface area contributed by atoms with Crippen molar-refractivity contribution in [2.45, 2.75) is 93.9 Å². The fraction of sp³-hybridized carbons (Fsp3) is 0.552. The number of allylic oxidation sites excluding steroid dienone is 7. The molecule has 0 saturated carbocycles. The summed E-state index contributed by atoms with van der Waals surface area (Å²) in [6.07, 6.45) is 11.5. The molecule has 2 heterocycles. The summed E-state index contributed by atoms with van der Waals surface area (Å²) in [4.78, 5) is 0. The predicted molar refractivity (Wildman–Crippen MR) is 138 cm³/mol. The van der Waals surface area contributed by atoms with Gasteiger partial charge in [-0.05, 0) is 0 Å². The van der Waals surface area contributed by atoms with E-state index >= 15 is 0 Å². The third kappa shape index (κ3) is 11.9. The van der Waals surface area contributed by atoms with Crippen LogP contribution in [0.3, 0.4) is 0 Å². The van der Waals surface area contributed by atoms with E-state index in [1.54, 1.807) is 8.94 Å². The zero-order chi connectivity index (χ0) is 28.3. The smallest absolute Gasteiger partial charge is 0.112 e. The molecule has 1 aromatic rings. The van der Waals surface area contributed by atoms with Crippen LogP contribution in [0.5, 0.6) is 0 Å². The Morgan fingerprint density at radius 2 is 1.03 bits per heavy atom. The quantitative estimate of drug-likeness (QED) is 0.387. The zero-order valence-electron chi connectivity index (χ0n) is 23.9. The normalized spacial score (nSPS) is 15.8. The first-order valence-corrected chi connectivity index (χ1v) is 14.9. The molecule has 1 aliphatic heterocycles. The molecule has 0 N–H and O–H groups in total. The summed E-state index contributed by atoms with van der Waals surface area (Å²) >= 11 is 0.418. The predicted octanol–water partition coefficient (Wildman–Crippen LogP) is 3.92. The van der Waals surface area contributed by atoms with E-state index in [1.165, 1.54) is 11.1 Å². The summed E-state index contributed by atoms with van der Waals surface area (Å²) < 4.78 is 43.4. The molecule has 7 heteroatoms. The van der Waals surface area contributed by atoms with E-state index in [0.29, 0.717) is 15.0 Å². The molecule has 0 aliphatic carbocycles. The van der Waals surface area contributed by atoms with Gasteiger partial charge in [0.05, 0.1) is 0 Å². The Morgan fingerprint density at radius 1 is 0.667 bits per heavy atom. The van der Waals surface area contributed by atoms with Gasteiger partial charge in [-0.25, -0.2) is 18.6 Å². The van der Waals surface area contributed by atoms with Gasteiger partial charge < -0.3 is 0 Å². The Morgan fingerprint density at radius 3 is 1.33 bits per heavy atom. The standard InChI is InChI=1S/C29H43OSe.ClHO4/c1-26(2,3)22-16-20(17-23(30-22)27(4,5)6)14-13-15-21-18-24(28(7,8)9)31-25(19-21)29(10,11)12;2-1(3,4)5/h13-19H,1-12H3;(H,2,3,4,5)/q+1;/p-1/b14-13+;. The van der Waals surface area contributed by atoms with Gasteiger partial charge >= 0.3 is 198 Å². The molecule has 1 aromatic heterocycles. The van der Waals surface area contributed by atoms with E-state index in [-0.39, 0.29) is 21.7 Å². The molecule has 0 unspecified atom stereocenters. The Bertz CT molecular complexity index is 962. The van der Waals surface area contributed by atoms with Crippen LogP contribution in [-0.2, 0) is 10.8 Å². The summed E-state index contributed by atoms with van der Waals surface area (Å²) in [5.41, 5.74) is 2.85. The summed E-state index contributed by atoms with van der Waals surface area (Å²) in [6.45, 7) is 27.2. The first-order chi connectivity index (χ1) is 15.9. The SMILES string of the molecule is CC(C)(C)C1=CC(=C/C=C/c2cc(C(C)(C)C)[o+]c(C(C)(C)C)c2)C=C(C(C)(C)C)[Se]1.[O-][Cl+3]([O-])([O-])[O-]. The third-order valence-electron chi connectivity index (χ3n) is 5.17. The van der Waals surface area contributed by atoms with Gasteiger partial charge in [0, 0.05) is 0 Å². The van der Waals surface area contributed by atoms with E-state index in [1.807, 2.05) is 0 Å². The summed E-state index contributed by atoms with van der Waals surface area (Å²) in [7, 11) is -4.94. The van der Waals surface area contributed by atoms with Crippen LogP contribution in [-0.4, -0.2) is 15.0 Å². The van der Waals surface area contributed by atoms with Crippen molar-refractivity contribution in [3.05, 3.63) is 68.0 Å². The van der Waals surface area contributed by atoms with E-state index in [9.17, 15) is 0 Å². The number of halogens is 1. The molecule has 0 amide bonds. The van der Waals surface area contributed by atoms with Crippen LogP contribution < -0.4 is 18.6 Å². The Hall–Kier alpha value is -1.24. The van der Waals surface area contributed by atoms with Gasteiger partial charge in [-0.2, -0.15) is 0 Å². The molecule has 202 valence electrons. The minimum absolute atomic E-state index is 0.0253. The summed E-state index contributed by atoms with van der Waals surface area (Å²) in [5.74, 6) is 2.05. The van der Waals surface area contributed by atoms with Crippen LogP contribution in [0.1, 0.15) is 100 Å². The number of hydrogen-bond acceptors (Lipinski definition) is 4. The van der Waals surface area contributed by atoms with Crippen molar-refractivity contribution in [1.29, 1.82) is 0 Å². The molecule has 0 bridgehead atoms. The zero-order valence-corrected chi connectivity index (χ0v) is 26.3. The van der Waals surface area contributed by atoms with Crippen molar-refractivity contribution in [3.8, 4) is 0 Å². The number of rotatable bonds is 2. The maximum absolute atomic E-state index is 8.49. The minimum atomic E-state index is -4.94. The molecule has 0 saturated heterocycles. The van der Waals surface area contributed by atoms with Crippen LogP contribution in [0.15, 0.2) is 55.4 Å². The molecule has 0 aromatic carbocycles. The molecule has 0 atom stereocenters. The van der Waals surface area contributed by atoms with Crippen molar-refractivity contribution in [2.24, 2.45) is 10.8 Å². The van der Waals surface area contributed by atoms with Crippen molar-refractivity contribution in [1.82, 2.24) is 0 Å². The van der Waals surface area contributed by atoms with Gasteiger partial charge in [0.1, 0.15) is 0 Å². The summed E-state index contributed by atoms with van der Waals surface area (Å²) in [6, 6.07) is 4.36. The van der Waals surface area contributed by atoms with Crippen LogP contribution in [0.25, 0.3) is 6.08 Å². The van der Waals surface area contributed by atoms with Gasteiger partial charge in [0.2, 0.25) is 0 Å². The molecule has 0 radical (unpaired) electrons. The van der Waals surface area contributed by atoms with Gasteiger partial charge in [-0.1, -0.05) is 0 Å².